The van der Waals surface area contributed by atoms with Gasteiger partial charge in [-0.2, -0.15) is 0 Å². The van der Waals surface area contributed by atoms with Crippen LogP contribution in [-0.2, 0) is 0 Å². The van der Waals surface area contributed by atoms with Crippen molar-refractivity contribution in [2.24, 2.45) is 0 Å². The van der Waals surface area contributed by atoms with E-state index in [0.29, 0.717) is 0 Å². The van der Waals surface area contributed by atoms with E-state index in [4.69, 9.17) is 29.8 Å². The second kappa shape index (κ2) is 3.08. The Kier molecular flexibility index (Phi) is 2.33. The van der Waals surface area contributed by atoms with Crippen LogP contribution in [0.1, 0.15) is 0 Å². The molecule has 0 heterocycles. The van der Waals surface area contributed by atoms with Crippen LogP contribution in [0, 0.1) is 12.4 Å². The number of nitrogens with zero attached hydrogens (tertiary/aromatic N) is 1. The average Bonchev–Trinajstić information content (AvgIpc) is 1.97. The highest BCUT2D eigenvalue weighted by Crippen LogP contribution is 2.29. The van der Waals surface area contributed by atoms with Crippen molar-refractivity contribution in [1.29, 1.82) is 0 Å². The molecule has 0 radical (unpaired) electrons. The first-order valence-electron chi connectivity index (χ1n) is 2.67. The Morgan fingerprint density at radius 2 is 1.91 bits per heavy atom. The molecule has 0 fully saturated rings. The van der Waals surface area contributed by atoms with Crippen LogP contribution in [-0.4, -0.2) is 0 Å². The lowest BCUT2D eigenvalue weighted by Crippen LogP contribution is -1.75. The second-order valence-corrected chi connectivity index (χ2v) is 2.64. The molecule has 0 aliphatic heterocycles. The average molecular weight is 190 g/mol. The summed E-state index contributed by atoms with van der Waals surface area (Å²) in [6.45, 7) is 6.58. The summed E-state index contributed by atoms with van der Waals surface area (Å²) >= 11 is 10.9. The Labute approximate surface area is 73.2 Å². The molecular formula is C7H2Cl2FN. The van der Waals surface area contributed by atoms with Crippen LogP contribution < -0.4 is 0 Å². The first kappa shape index (κ1) is 8.32. The van der Waals surface area contributed by atoms with E-state index in [1.54, 1.807) is 0 Å². The predicted octanol–water partition coefficient (Wildman–Crippen LogP) is 3.68. The van der Waals surface area contributed by atoms with E-state index in [-0.39, 0.29) is 15.7 Å². The molecule has 0 aliphatic rings. The smallest absolute Gasteiger partial charge is 0.208 e. The molecule has 11 heavy (non-hydrogen) atoms. The van der Waals surface area contributed by atoms with Gasteiger partial charge >= 0.3 is 0 Å². The van der Waals surface area contributed by atoms with Crippen molar-refractivity contribution in [3.8, 4) is 0 Å². The van der Waals surface area contributed by atoms with Crippen molar-refractivity contribution in [2.45, 2.75) is 0 Å². The second-order valence-electron chi connectivity index (χ2n) is 1.83. The van der Waals surface area contributed by atoms with Gasteiger partial charge in [0.1, 0.15) is 5.82 Å². The Balaban J connectivity index is 3.35. The van der Waals surface area contributed by atoms with Crippen LogP contribution in [0.15, 0.2) is 12.1 Å². The SMILES string of the molecule is [C-]#[N+]c1cc(F)c(Cl)cc1Cl. The van der Waals surface area contributed by atoms with Crippen LogP contribution in [0.4, 0.5) is 10.1 Å². The van der Waals surface area contributed by atoms with E-state index in [2.05, 4.69) is 4.85 Å². The summed E-state index contributed by atoms with van der Waals surface area (Å²) in [6.07, 6.45) is 0. The van der Waals surface area contributed by atoms with E-state index in [1.165, 1.54) is 6.07 Å². The third-order valence-electron chi connectivity index (χ3n) is 1.11. The van der Waals surface area contributed by atoms with Gasteiger partial charge in [-0.05, 0) is 12.1 Å². The zero-order chi connectivity index (χ0) is 8.43. The van der Waals surface area contributed by atoms with E-state index in [9.17, 15) is 4.39 Å². The van der Waals surface area contributed by atoms with Gasteiger partial charge in [-0.3, -0.25) is 0 Å². The maximum absolute atomic E-state index is 12.6. The van der Waals surface area contributed by atoms with Crippen LogP contribution in [0.2, 0.25) is 10.0 Å². The van der Waals surface area contributed by atoms with Gasteiger partial charge in [0.2, 0.25) is 5.69 Å². The largest absolute Gasteiger partial charge is 0.236 e. The molecule has 0 saturated heterocycles. The maximum Gasteiger partial charge on any atom is 0.208 e. The van der Waals surface area contributed by atoms with Gasteiger partial charge in [-0.25, -0.2) is 9.24 Å². The minimum absolute atomic E-state index is 0.0672. The first-order chi connectivity index (χ1) is 5.15. The lowest BCUT2D eigenvalue weighted by atomic mass is 10.3. The third kappa shape index (κ3) is 1.62. The Bertz CT molecular complexity index is 330. The van der Waals surface area contributed by atoms with E-state index < -0.39 is 5.82 Å². The molecule has 0 N–H and O–H groups in total. The summed E-state index contributed by atoms with van der Waals surface area (Å²) in [4.78, 5) is 2.99. The highest BCUT2D eigenvalue weighted by atomic mass is 35.5. The van der Waals surface area contributed by atoms with Crippen molar-refractivity contribution in [1.82, 2.24) is 0 Å². The summed E-state index contributed by atoms with van der Waals surface area (Å²) in [5.41, 5.74) is 0.0774. The molecule has 0 amide bonds. The number of rotatable bonds is 0. The number of benzene rings is 1. The summed E-state index contributed by atoms with van der Waals surface area (Å²) in [7, 11) is 0. The summed E-state index contributed by atoms with van der Waals surface area (Å²) in [5, 5.41) is 0.105. The number of hydrogen-bond acceptors (Lipinski definition) is 0. The van der Waals surface area contributed by atoms with Gasteiger partial charge in [-0.1, -0.05) is 23.2 Å². The minimum atomic E-state index is -0.623. The first-order valence-corrected chi connectivity index (χ1v) is 3.42. The number of hydrogen-bond donors (Lipinski definition) is 0. The molecule has 1 aromatic rings. The molecule has 1 aromatic carbocycles. The highest BCUT2D eigenvalue weighted by Gasteiger charge is 2.05. The normalized spacial score (nSPS) is 9.27. The standard InChI is InChI=1S/C7H2Cl2FN/c1-11-7-3-6(10)4(8)2-5(7)9/h2-3H. The van der Waals surface area contributed by atoms with Crippen molar-refractivity contribution in [2.75, 3.05) is 0 Å². The molecule has 4 heteroatoms. The van der Waals surface area contributed by atoms with Crippen LogP contribution in [0.3, 0.4) is 0 Å². The molecule has 0 atom stereocenters. The van der Waals surface area contributed by atoms with Crippen molar-refractivity contribution in [3.05, 3.63) is 39.4 Å². The number of halogens is 3. The fraction of sp³-hybridized carbons (Fsp3) is 0. The zero-order valence-electron chi connectivity index (χ0n) is 5.24. The lowest BCUT2D eigenvalue weighted by molar-refractivity contribution is 0.629. The van der Waals surface area contributed by atoms with Crippen molar-refractivity contribution < 1.29 is 4.39 Å². The third-order valence-corrected chi connectivity index (χ3v) is 1.70. The molecule has 1 rings (SSSR count). The van der Waals surface area contributed by atoms with Gasteiger partial charge in [0.05, 0.1) is 11.6 Å². The van der Waals surface area contributed by atoms with Gasteiger partial charge in [0.25, 0.3) is 0 Å². The van der Waals surface area contributed by atoms with E-state index in [0.717, 1.165) is 6.07 Å². The Morgan fingerprint density at radius 1 is 1.27 bits per heavy atom. The summed E-state index contributed by atoms with van der Waals surface area (Å²) in [6, 6.07) is 2.23. The van der Waals surface area contributed by atoms with Gasteiger partial charge in [0.15, 0.2) is 0 Å². The van der Waals surface area contributed by atoms with Crippen LogP contribution in [0.5, 0.6) is 0 Å². The maximum atomic E-state index is 12.6. The van der Waals surface area contributed by atoms with Gasteiger partial charge in [0, 0.05) is 5.02 Å². The molecular weight excluding hydrogens is 188 g/mol. The quantitative estimate of drug-likeness (QED) is 0.434. The predicted molar refractivity (Wildman–Crippen MR) is 42.7 cm³/mol. The van der Waals surface area contributed by atoms with E-state index in [1.807, 2.05) is 0 Å². The van der Waals surface area contributed by atoms with Crippen molar-refractivity contribution in [3.63, 3.8) is 0 Å². The summed E-state index contributed by atoms with van der Waals surface area (Å²) < 4.78 is 12.6. The monoisotopic (exact) mass is 189 g/mol. The molecule has 0 bridgehead atoms. The molecule has 0 saturated carbocycles. The van der Waals surface area contributed by atoms with Crippen LogP contribution in [0.25, 0.3) is 4.85 Å². The lowest BCUT2D eigenvalue weighted by Gasteiger charge is -1.96. The fourth-order valence-corrected chi connectivity index (χ4v) is 1.02. The van der Waals surface area contributed by atoms with E-state index >= 15 is 0 Å². The van der Waals surface area contributed by atoms with Crippen LogP contribution >= 0.6 is 23.2 Å². The molecule has 1 nitrogen and oxygen atoms in total. The molecule has 56 valence electrons. The zero-order valence-corrected chi connectivity index (χ0v) is 6.75. The van der Waals surface area contributed by atoms with Gasteiger partial charge in [-0.15, -0.1) is 0 Å². The molecule has 0 aliphatic carbocycles. The highest BCUT2D eigenvalue weighted by molar-refractivity contribution is 6.36. The fourth-order valence-electron chi connectivity index (χ4n) is 0.598. The topological polar surface area (TPSA) is 4.36 Å². The molecule has 0 spiro atoms. The molecule has 0 aromatic heterocycles. The Morgan fingerprint density at radius 3 is 2.45 bits per heavy atom. The van der Waals surface area contributed by atoms with Crippen molar-refractivity contribution >= 4 is 28.9 Å². The van der Waals surface area contributed by atoms with Gasteiger partial charge < -0.3 is 0 Å². The molecule has 0 unspecified atom stereocenters. The minimum Gasteiger partial charge on any atom is -0.236 e. The summed E-state index contributed by atoms with van der Waals surface area (Å²) in [5.74, 6) is -0.623. The Hall–Kier alpha value is -0.780.